The molecular weight excluding hydrogens is 352 g/mol. The largest absolute Gasteiger partial charge is 0.465 e. The topological polar surface area (TPSA) is 81.3 Å². The average Bonchev–Trinajstić information content (AvgIpc) is 3.19. The minimum absolute atomic E-state index is 0.262. The van der Waals surface area contributed by atoms with Crippen LogP contribution in [0.15, 0.2) is 29.4 Å². The van der Waals surface area contributed by atoms with Gasteiger partial charge in [-0.2, -0.15) is 0 Å². The van der Waals surface area contributed by atoms with Crippen molar-refractivity contribution in [1.29, 1.82) is 0 Å². The molecule has 0 spiro atoms. The number of nitrogens with zero attached hydrogens (tertiary/aromatic N) is 1. The maximum atomic E-state index is 12.5. The van der Waals surface area contributed by atoms with Crippen LogP contribution < -0.4 is 0 Å². The van der Waals surface area contributed by atoms with Crippen molar-refractivity contribution in [2.45, 2.75) is 50.8 Å². The summed E-state index contributed by atoms with van der Waals surface area (Å²) >= 11 is 1.50. The molecule has 0 radical (unpaired) electrons. The second-order valence-electron chi connectivity index (χ2n) is 6.51. The number of hydrogen-bond donors (Lipinski definition) is 1. The molecule has 1 aliphatic rings. The fourth-order valence-corrected chi connectivity index (χ4v) is 4.14. The molecule has 2 heterocycles. The van der Waals surface area contributed by atoms with E-state index in [1.54, 1.807) is 6.92 Å². The number of unbranched alkanes of at least 4 members (excludes halogenated alkanes) is 1. The molecule has 2 aromatic rings. The zero-order valence-electron chi connectivity index (χ0n) is 15.1. The Kier molecular flexibility index (Phi) is 5.86. The number of hydrogen-bond acceptors (Lipinski definition) is 6. The molecule has 26 heavy (non-hydrogen) atoms. The van der Waals surface area contributed by atoms with Crippen molar-refractivity contribution >= 4 is 34.7 Å². The highest BCUT2D eigenvalue weighted by atomic mass is 32.2. The lowest BCUT2D eigenvalue weighted by Gasteiger charge is -2.22. The molecule has 1 saturated heterocycles. The van der Waals surface area contributed by atoms with Gasteiger partial charge in [-0.1, -0.05) is 43.7 Å². The summed E-state index contributed by atoms with van der Waals surface area (Å²) in [4.78, 5) is 32.8. The highest BCUT2D eigenvalue weighted by Gasteiger charge is 2.55. The molecule has 1 aromatic heterocycles. The summed E-state index contributed by atoms with van der Waals surface area (Å²) in [6, 6.07) is 7.81. The minimum Gasteiger partial charge on any atom is -0.465 e. The number of nitrogens with one attached hydrogen (secondary N) is 1. The van der Waals surface area contributed by atoms with Crippen molar-refractivity contribution < 1.29 is 19.1 Å². The molecule has 2 unspecified atom stereocenters. The van der Waals surface area contributed by atoms with Crippen LogP contribution in [0.25, 0.3) is 11.0 Å². The standard InChI is InChI=1S/C19H24N2O4S/c1-3-5-10-19(16(22)24-4-2)11-13(25-17(19)23)12-26-18-20-14-8-6-7-9-15(14)21-18/h6-9,13H,3-5,10-12H2,1-2H3,(H,20,21). The predicted molar refractivity (Wildman–Crippen MR) is 99.9 cm³/mol. The minimum atomic E-state index is -1.15. The van der Waals surface area contributed by atoms with E-state index < -0.39 is 17.4 Å². The number of cyclic esters (lactones) is 1. The summed E-state index contributed by atoms with van der Waals surface area (Å²) in [5.74, 6) is -0.340. The molecule has 1 N–H and O–H groups in total. The van der Waals surface area contributed by atoms with E-state index in [1.165, 1.54) is 11.8 Å². The van der Waals surface area contributed by atoms with Gasteiger partial charge < -0.3 is 14.5 Å². The lowest BCUT2D eigenvalue weighted by atomic mass is 9.80. The van der Waals surface area contributed by atoms with Gasteiger partial charge >= 0.3 is 11.9 Å². The first-order chi connectivity index (χ1) is 12.6. The van der Waals surface area contributed by atoms with Crippen LogP contribution in [0.2, 0.25) is 0 Å². The number of thioether (sulfide) groups is 1. The number of aromatic nitrogens is 2. The maximum absolute atomic E-state index is 12.5. The Balaban J connectivity index is 1.67. The van der Waals surface area contributed by atoms with Crippen LogP contribution in [0.5, 0.6) is 0 Å². The van der Waals surface area contributed by atoms with E-state index in [-0.39, 0.29) is 12.7 Å². The van der Waals surface area contributed by atoms with Crippen LogP contribution in [-0.4, -0.2) is 40.4 Å². The molecule has 0 amide bonds. The van der Waals surface area contributed by atoms with E-state index in [9.17, 15) is 9.59 Å². The number of carbonyl (C=O) groups excluding carboxylic acids is 2. The van der Waals surface area contributed by atoms with Gasteiger partial charge in [-0.05, 0) is 25.5 Å². The fraction of sp³-hybridized carbons (Fsp3) is 0.526. The molecule has 1 aromatic carbocycles. The summed E-state index contributed by atoms with van der Waals surface area (Å²) in [5, 5.41) is 0.782. The molecule has 0 bridgehead atoms. The number of fused-ring (bicyclic) bond motifs is 1. The molecule has 7 heteroatoms. The van der Waals surface area contributed by atoms with Gasteiger partial charge in [0.1, 0.15) is 6.10 Å². The van der Waals surface area contributed by atoms with E-state index in [0.717, 1.165) is 29.0 Å². The normalized spacial score (nSPS) is 22.5. The summed E-state index contributed by atoms with van der Waals surface area (Å²) in [6.07, 6.45) is 2.23. The number of rotatable bonds is 8. The summed E-state index contributed by atoms with van der Waals surface area (Å²) in [5.41, 5.74) is 0.731. The van der Waals surface area contributed by atoms with Crippen LogP contribution in [0, 0.1) is 5.41 Å². The van der Waals surface area contributed by atoms with Crippen LogP contribution in [-0.2, 0) is 19.1 Å². The molecule has 1 fully saturated rings. The average molecular weight is 376 g/mol. The maximum Gasteiger partial charge on any atom is 0.323 e. The monoisotopic (exact) mass is 376 g/mol. The Hall–Kier alpha value is -2.02. The van der Waals surface area contributed by atoms with Gasteiger partial charge in [-0.15, -0.1) is 0 Å². The van der Waals surface area contributed by atoms with Gasteiger partial charge in [0.15, 0.2) is 10.6 Å². The number of carbonyl (C=O) groups is 2. The summed E-state index contributed by atoms with van der Waals surface area (Å²) in [7, 11) is 0. The quantitative estimate of drug-likeness (QED) is 0.430. The SMILES string of the molecule is CCCCC1(C(=O)OCC)CC(CSc2nc3ccccc3[nH]2)OC1=O. The lowest BCUT2D eigenvalue weighted by molar-refractivity contribution is -0.165. The molecule has 0 aliphatic carbocycles. The number of imidazole rings is 1. The Morgan fingerprint density at radius 3 is 2.96 bits per heavy atom. The van der Waals surface area contributed by atoms with Gasteiger partial charge in [0.05, 0.1) is 17.6 Å². The first-order valence-corrected chi connectivity index (χ1v) is 10.0. The number of ether oxygens (including phenoxy) is 2. The molecule has 2 atom stereocenters. The molecule has 6 nitrogen and oxygen atoms in total. The molecule has 140 valence electrons. The Labute approximate surface area is 157 Å². The Morgan fingerprint density at radius 2 is 2.23 bits per heavy atom. The molecular formula is C19H24N2O4S. The van der Waals surface area contributed by atoms with E-state index >= 15 is 0 Å². The second-order valence-corrected chi connectivity index (χ2v) is 7.52. The highest BCUT2D eigenvalue weighted by molar-refractivity contribution is 7.99. The molecule has 3 rings (SSSR count). The Morgan fingerprint density at radius 1 is 1.42 bits per heavy atom. The van der Waals surface area contributed by atoms with E-state index in [0.29, 0.717) is 18.6 Å². The third-order valence-electron chi connectivity index (χ3n) is 4.64. The van der Waals surface area contributed by atoms with Crippen LogP contribution in [0.1, 0.15) is 39.5 Å². The zero-order valence-corrected chi connectivity index (χ0v) is 15.9. The first kappa shape index (κ1) is 18.8. The van der Waals surface area contributed by atoms with Gasteiger partial charge in [0.25, 0.3) is 0 Å². The summed E-state index contributed by atoms with van der Waals surface area (Å²) in [6.45, 7) is 4.05. The van der Waals surface area contributed by atoms with E-state index in [2.05, 4.69) is 9.97 Å². The van der Waals surface area contributed by atoms with Gasteiger partial charge in [-0.3, -0.25) is 9.59 Å². The van der Waals surface area contributed by atoms with Gasteiger partial charge in [0, 0.05) is 12.2 Å². The van der Waals surface area contributed by atoms with E-state index in [4.69, 9.17) is 9.47 Å². The van der Waals surface area contributed by atoms with Crippen molar-refractivity contribution in [3.8, 4) is 0 Å². The van der Waals surface area contributed by atoms with Crippen LogP contribution in [0.4, 0.5) is 0 Å². The number of H-pyrrole nitrogens is 1. The van der Waals surface area contributed by atoms with Crippen molar-refractivity contribution in [3.63, 3.8) is 0 Å². The number of benzene rings is 1. The molecule has 0 saturated carbocycles. The fourth-order valence-electron chi connectivity index (χ4n) is 3.26. The Bertz CT molecular complexity index is 758. The van der Waals surface area contributed by atoms with Crippen molar-refractivity contribution in [1.82, 2.24) is 9.97 Å². The molecule has 1 aliphatic heterocycles. The zero-order chi connectivity index (χ0) is 18.6. The second kappa shape index (κ2) is 8.12. The van der Waals surface area contributed by atoms with Crippen molar-refractivity contribution in [3.05, 3.63) is 24.3 Å². The van der Waals surface area contributed by atoms with Crippen LogP contribution in [0.3, 0.4) is 0 Å². The van der Waals surface area contributed by atoms with Gasteiger partial charge in [-0.25, -0.2) is 4.98 Å². The highest BCUT2D eigenvalue weighted by Crippen LogP contribution is 2.41. The summed E-state index contributed by atoms with van der Waals surface area (Å²) < 4.78 is 10.7. The number of aromatic amines is 1. The predicted octanol–water partition coefficient (Wildman–Crippen LogP) is 3.71. The smallest absolute Gasteiger partial charge is 0.323 e. The first-order valence-electron chi connectivity index (χ1n) is 9.05. The lowest BCUT2D eigenvalue weighted by Crippen LogP contribution is -2.37. The number of esters is 2. The van der Waals surface area contributed by atoms with E-state index in [1.807, 2.05) is 31.2 Å². The van der Waals surface area contributed by atoms with Gasteiger partial charge in [0.2, 0.25) is 0 Å². The third kappa shape index (κ3) is 3.72. The third-order valence-corrected chi connectivity index (χ3v) is 5.64. The van der Waals surface area contributed by atoms with Crippen LogP contribution >= 0.6 is 11.8 Å². The number of para-hydroxylation sites is 2. The van der Waals surface area contributed by atoms with Crippen molar-refractivity contribution in [2.75, 3.05) is 12.4 Å². The van der Waals surface area contributed by atoms with Crippen molar-refractivity contribution in [2.24, 2.45) is 5.41 Å².